The third-order valence-corrected chi connectivity index (χ3v) is 4.01. The van der Waals surface area contributed by atoms with Crippen molar-refractivity contribution >= 4 is 0 Å². The largest absolute Gasteiger partial charge is 0.490 e. The van der Waals surface area contributed by atoms with Crippen molar-refractivity contribution in [2.24, 2.45) is 5.92 Å². The van der Waals surface area contributed by atoms with E-state index in [1.807, 2.05) is 0 Å². The van der Waals surface area contributed by atoms with Crippen LogP contribution in [0.4, 0.5) is 0 Å². The summed E-state index contributed by atoms with van der Waals surface area (Å²) in [6.45, 7) is 4.48. The number of ether oxygens (including phenoxy) is 1. The zero-order valence-electron chi connectivity index (χ0n) is 11.1. The first kappa shape index (κ1) is 12.5. The fraction of sp³-hybridized carbons (Fsp3) is 0.625. The van der Waals surface area contributed by atoms with Gasteiger partial charge in [-0.05, 0) is 55.7 Å². The number of aryl methyl sites for hydroxylation is 1. The fourth-order valence-corrected chi connectivity index (χ4v) is 2.65. The van der Waals surface area contributed by atoms with Crippen LogP contribution in [-0.2, 0) is 6.42 Å². The first-order chi connectivity index (χ1) is 8.31. The monoisotopic (exact) mass is 232 g/mol. The molecule has 1 aromatic rings. The molecule has 2 rings (SSSR count). The number of hydrogen-bond donors (Lipinski definition) is 0. The predicted molar refractivity (Wildman–Crippen MR) is 72.5 cm³/mol. The molecule has 1 saturated carbocycles. The van der Waals surface area contributed by atoms with Crippen molar-refractivity contribution in [3.8, 4) is 5.75 Å². The Morgan fingerprint density at radius 2 is 1.65 bits per heavy atom. The fourth-order valence-electron chi connectivity index (χ4n) is 2.65. The molecule has 0 atom stereocenters. The molecule has 94 valence electrons. The highest BCUT2D eigenvalue weighted by atomic mass is 16.5. The van der Waals surface area contributed by atoms with Crippen LogP contribution in [-0.4, -0.2) is 6.10 Å². The van der Waals surface area contributed by atoms with Crippen LogP contribution in [0.25, 0.3) is 0 Å². The van der Waals surface area contributed by atoms with Gasteiger partial charge in [0.25, 0.3) is 0 Å². The summed E-state index contributed by atoms with van der Waals surface area (Å²) in [5.74, 6) is 1.99. The second-order valence-corrected chi connectivity index (χ2v) is 5.17. The van der Waals surface area contributed by atoms with Crippen LogP contribution in [0, 0.1) is 5.92 Å². The van der Waals surface area contributed by atoms with Crippen molar-refractivity contribution in [1.29, 1.82) is 0 Å². The van der Waals surface area contributed by atoms with Crippen molar-refractivity contribution in [3.63, 3.8) is 0 Å². The molecule has 1 aliphatic rings. The highest BCUT2D eigenvalue weighted by Gasteiger charge is 2.20. The van der Waals surface area contributed by atoms with Gasteiger partial charge in [-0.1, -0.05) is 32.4 Å². The minimum absolute atomic E-state index is 0.449. The standard InChI is InChI=1S/C16H24O/c1-3-13-5-9-15(10-6-13)17-16-11-7-14(4-2)8-12-16/h5-6,9-10,14,16H,3-4,7-8,11-12H2,1-2H3. The smallest absolute Gasteiger partial charge is 0.119 e. The third kappa shape index (κ3) is 3.49. The number of hydrogen-bond acceptors (Lipinski definition) is 1. The third-order valence-electron chi connectivity index (χ3n) is 4.01. The van der Waals surface area contributed by atoms with Crippen LogP contribution < -0.4 is 4.74 Å². The molecule has 0 heterocycles. The summed E-state index contributed by atoms with van der Waals surface area (Å²) >= 11 is 0. The Morgan fingerprint density at radius 1 is 1.00 bits per heavy atom. The summed E-state index contributed by atoms with van der Waals surface area (Å²) < 4.78 is 6.05. The van der Waals surface area contributed by atoms with Crippen LogP contribution in [0.3, 0.4) is 0 Å². The SMILES string of the molecule is CCc1ccc(OC2CCC(CC)CC2)cc1. The van der Waals surface area contributed by atoms with Gasteiger partial charge in [-0.3, -0.25) is 0 Å². The maximum absolute atomic E-state index is 6.05. The highest BCUT2D eigenvalue weighted by molar-refractivity contribution is 5.27. The summed E-state index contributed by atoms with van der Waals surface area (Å²) in [4.78, 5) is 0. The summed E-state index contributed by atoms with van der Waals surface area (Å²) in [5.41, 5.74) is 1.38. The van der Waals surface area contributed by atoms with Gasteiger partial charge in [-0.15, -0.1) is 0 Å². The lowest BCUT2D eigenvalue weighted by Crippen LogP contribution is -2.23. The average Bonchev–Trinajstić information content (AvgIpc) is 2.40. The van der Waals surface area contributed by atoms with Gasteiger partial charge in [0.2, 0.25) is 0 Å². The van der Waals surface area contributed by atoms with Gasteiger partial charge in [0, 0.05) is 0 Å². The van der Waals surface area contributed by atoms with Gasteiger partial charge in [-0.2, -0.15) is 0 Å². The van der Waals surface area contributed by atoms with E-state index in [1.165, 1.54) is 37.7 Å². The number of rotatable bonds is 4. The number of benzene rings is 1. The van der Waals surface area contributed by atoms with Gasteiger partial charge >= 0.3 is 0 Å². The van der Waals surface area contributed by atoms with Crippen LogP contribution in [0.2, 0.25) is 0 Å². The molecule has 17 heavy (non-hydrogen) atoms. The Bertz CT molecular complexity index is 320. The molecular weight excluding hydrogens is 208 g/mol. The summed E-state index contributed by atoms with van der Waals surface area (Å²) in [6.07, 6.45) is 8.02. The maximum atomic E-state index is 6.05. The molecule has 1 heteroatoms. The summed E-state index contributed by atoms with van der Waals surface area (Å²) in [6, 6.07) is 8.58. The first-order valence-electron chi connectivity index (χ1n) is 7.07. The molecule has 1 aliphatic carbocycles. The van der Waals surface area contributed by atoms with E-state index < -0.39 is 0 Å². The molecule has 0 unspecified atom stereocenters. The van der Waals surface area contributed by atoms with Crippen LogP contribution in [0.1, 0.15) is 51.5 Å². The van der Waals surface area contributed by atoms with Crippen LogP contribution in [0.5, 0.6) is 5.75 Å². The lowest BCUT2D eigenvalue weighted by Gasteiger charge is -2.28. The summed E-state index contributed by atoms with van der Waals surface area (Å²) in [5, 5.41) is 0. The molecule has 0 bridgehead atoms. The second-order valence-electron chi connectivity index (χ2n) is 5.17. The molecule has 0 saturated heterocycles. The van der Waals surface area contributed by atoms with E-state index in [0.29, 0.717) is 6.10 Å². The normalized spacial score (nSPS) is 24.6. The molecule has 1 nitrogen and oxygen atoms in total. The highest BCUT2D eigenvalue weighted by Crippen LogP contribution is 2.29. The van der Waals surface area contributed by atoms with Crippen molar-refractivity contribution < 1.29 is 4.74 Å². The van der Waals surface area contributed by atoms with E-state index in [-0.39, 0.29) is 0 Å². The van der Waals surface area contributed by atoms with Gasteiger partial charge in [0.15, 0.2) is 0 Å². The Kier molecular flexibility index (Phi) is 4.47. The Labute approximate surface area is 105 Å². The Hall–Kier alpha value is -0.980. The first-order valence-corrected chi connectivity index (χ1v) is 7.07. The molecule has 1 aromatic carbocycles. The van der Waals surface area contributed by atoms with E-state index in [0.717, 1.165) is 18.1 Å². The second kappa shape index (κ2) is 6.09. The van der Waals surface area contributed by atoms with Gasteiger partial charge in [-0.25, -0.2) is 0 Å². The minimum Gasteiger partial charge on any atom is -0.490 e. The topological polar surface area (TPSA) is 9.23 Å². The van der Waals surface area contributed by atoms with E-state index >= 15 is 0 Å². The molecular formula is C16H24O. The quantitative estimate of drug-likeness (QED) is 0.737. The van der Waals surface area contributed by atoms with E-state index in [2.05, 4.69) is 38.1 Å². The zero-order chi connectivity index (χ0) is 12.1. The minimum atomic E-state index is 0.449. The van der Waals surface area contributed by atoms with Crippen molar-refractivity contribution in [2.75, 3.05) is 0 Å². The zero-order valence-corrected chi connectivity index (χ0v) is 11.1. The average molecular weight is 232 g/mol. The van der Waals surface area contributed by atoms with E-state index in [9.17, 15) is 0 Å². The maximum Gasteiger partial charge on any atom is 0.119 e. The van der Waals surface area contributed by atoms with Crippen molar-refractivity contribution in [3.05, 3.63) is 29.8 Å². The molecule has 0 aromatic heterocycles. The van der Waals surface area contributed by atoms with E-state index in [1.54, 1.807) is 0 Å². The molecule has 0 amide bonds. The lowest BCUT2D eigenvalue weighted by atomic mass is 9.86. The lowest BCUT2D eigenvalue weighted by molar-refractivity contribution is 0.130. The molecule has 0 radical (unpaired) electrons. The van der Waals surface area contributed by atoms with E-state index in [4.69, 9.17) is 4.74 Å². The van der Waals surface area contributed by atoms with Crippen LogP contribution in [0.15, 0.2) is 24.3 Å². The van der Waals surface area contributed by atoms with Crippen LogP contribution >= 0.6 is 0 Å². The Morgan fingerprint density at radius 3 is 2.18 bits per heavy atom. The molecule has 0 aliphatic heterocycles. The van der Waals surface area contributed by atoms with Gasteiger partial charge in [0.05, 0.1) is 6.10 Å². The summed E-state index contributed by atoms with van der Waals surface area (Å²) in [7, 11) is 0. The van der Waals surface area contributed by atoms with Gasteiger partial charge in [0.1, 0.15) is 5.75 Å². The predicted octanol–water partition coefficient (Wildman–Crippen LogP) is 4.60. The molecule has 0 spiro atoms. The Balaban J connectivity index is 1.84. The molecule has 0 N–H and O–H groups in total. The molecule has 1 fully saturated rings. The van der Waals surface area contributed by atoms with Gasteiger partial charge < -0.3 is 4.74 Å². The van der Waals surface area contributed by atoms with Crippen molar-refractivity contribution in [1.82, 2.24) is 0 Å². The van der Waals surface area contributed by atoms with Crippen molar-refractivity contribution in [2.45, 2.75) is 58.5 Å².